The molecule has 2 aromatic rings. The molecule has 0 spiro atoms. The van der Waals surface area contributed by atoms with E-state index in [-0.39, 0.29) is 12.2 Å². The summed E-state index contributed by atoms with van der Waals surface area (Å²) >= 11 is 0. The lowest BCUT2D eigenvalue weighted by Gasteiger charge is -2.07. The number of carboxylic acids is 1. The Labute approximate surface area is 112 Å². The second-order valence-corrected chi connectivity index (χ2v) is 4.08. The SMILES string of the molecule is CC.Cc1[nH]c2cccc(O)c2c1CC(N)C(=O)O. The molecule has 5 N–H and O–H groups in total. The molecule has 104 valence electrons. The first kappa shape index (κ1) is 15.0. The number of hydrogen-bond acceptors (Lipinski definition) is 3. The van der Waals surface area contributed by atoms with E-state index in [1.54, 1.807) is 12.1 Å². The Morgan fingerprint density at radius 3 is 2.63 bits per heavy atom. The average Bonchev–Trinajstić information content (AvgIpc) is 2.69. The summed E-state index contributed by atoms with van der Waals surface area (Å²) < 4.78 is 0. The summed E-state index contributed by atoms with van der Waals surface area (Å²) in [6.07, 6.45) is 0.193. The van der Waals surface area contributed by atoms with Crippen molar-refractivity contribution < 1.29 is 15.0 Å². The smallest absolute Gasteiger partial charge is 0.320 e. The molecule has 0 aliphatic rings. The molecule has 0 saturated heterocycles. The van der Waals surface area contributed by atoms with Crippen LogP contribution in [-0.4, -0.2) is 27.2 Å². The normalized spacial score (nSPS) is 11.8. The van der Waals surface area contributed by atoms with E-state index in [2.05, 4.69) is 4.98 Å². The highest BCUT2D eigenvalue weighted by Gasteiger charge is 2.18. The van der Waals surface area contributed by atoms with Crippen LogP contribution < -0.4 is 5.73 Å². The molecule has 5 nitrogen and oxygen atoms in total. The lowest BCUT2D eigenvalue weighted by molar-refractivity contribution is -0.138. The fourth-order valence-corrected chi connectivity index (χ4v) is 1.99. The van der Waals surface area contributed by atoms with Crippen molar-refractivity contribution in [1.29, 1.82) is 0 Å². The number of aromatic amines is 1. The number of nitrogens with one attached hydrogen (secondary N) is 1. The van der Waals surface area contributed by atoms with Gasteiger partial charge in [0, 0.05) is 23.0 Å². The Balaban J connectivity index is 0.000000861. The van der Waals surface area contributed by atoms with Crippen molar-refractivity contribution in [3.05, 3.63) is 29.5 Å². The minimum Gasteiger partial charge on any atom is -0.507 e. The van der Waals surface area contributed by atoms with Crippen LogP contribution in [0.1, 0.15) is 25.1 Å². The lowest BCUT2D eigenvalue weighted by atomic mass is 10.0. The maximum absolute atomic E-state index is 10.8. The van der Waals surface area contributed by atoms with Crippen LogP contribution in [0.5, 0.6) is 5.75 Å². The van der Waals surface area contributed by atoms with Gasteiger partial charge >= 0.3 is 5.97 Å². The van der Waals surface area contributed by atoms with Gasteiger partial charge in [-0.05, 0) is 24.6 Å². The molecule has 0 aliphatic carbocycles. The number of phenolic OH excluding ortho intramolecular Hbond substituents is 1. The number of aryl methyl sites for hydroxylation is 1. The first-order valence-electron chi connectivity index (χ1n) is 6.28. The van der Waals surface area contributed by atoms with Crippen LogP contribution in [0.3, 0.4) is 0 Å². The molecule has 0 aliphatic heterocycles. The Morgan fingerprint density at radius 1 is 1.42 bits per heavy atom. The van der Waals surface area contributed by atoms with Crippen molar-refractivity contribution in [2.45, 2.75) is 33.2 Å². The maximum Gasteiger partial charge on any atom is 0.320 e. The minimum absolute atomic E-state index is 0.138. The summed E-state index contributed by atoms with van der Waals surface area (Å²) in [6.45, 7) is 5.84. The van der Waals surface area contributed by atoms with E-state index in [0.717, 1.165) is 16.8 Å². The van der Waals surface area contributed by atoms with Gasteiger partial charge in [0.2, 0.25) is 0 Å². The fourth-order valence-electron chi connectivity index (χ4n) is 1.99. The third-order valence-corrected chi connectivity index (χ3v) is 2.86. The van der Waals surface area contributed by atoms with Crippen molar-refractivity contribution in [2.24, 2.45) is 5.73 Å². The van der Waals surface area contributed by atoms with Gasteiger partial charge in [0.05, 0.1) is 0 Å². The molecule has 0 saturated carbocycles. The van der Waals surface area contributed by atoms with Crippen molar-refractivity contribution >= 4 is 16.9 Å². The molecular formula is C14H20N2O3. The molecule has 1 heterocycles. The Bertz CT molecular complexity index is 575. The summed E-state index contributed by atoms with van der Waals surface area (Å²) in [4.78, 5) is 13.9. The second-order valence-electron chi connectivity index (χ2n) is 4.08. The number of fused-ring (bicyclic) bond motifs is 1. The molecule has 0 amide bonds. The van der Waals surface area contributed by atoms with Crippen LogP contribution >= 0.6 is 0 Å². The number of benzene rings is 1. The highest BCUT2D eigenvalue weighted by atomic mass is 16.4. The number of rotatable bonds is 3. The zero-order valence-electron chi connectivity index (χ0n) is 11.4. The second kappa shape index (κ2) is 6.24. The van der Waals surface area contributed by atoms with Crippen LogP contribution in [0.25, 0.3) is 10.9 Å². The molecule has 1 atom stereocenters. The Morgan fingerprint density at radius 2 is 2.05 bits per heavy atom. The fraction of sp³-hybridized carbons (Fsp3) is 0.357. The first-order valence-corrected chi connectivity index (χ1v) is 6.28. The number of phenols is 1. The molecule has 0 radical (unpaired) electrons. The van der Waals surface area contributed by atoms with E-state index in [9.17, 15) is 9.90 Å². The molecule has 5 heteroatoms. The number of aromatic nitrogens is 1. The average molecular weight is 264 g/mol. The van der Waals surface area contributed by atoms with Crippen LogP contribution in [-0.2, 0) is 11.2 Å². The molecular weight excluding hydrogens is 244 g/mol. The molecule has 2 rings (SSSR count). The van der Waals surface area contributed by atoms with Gasteiger partial charge in [-0.25, -0.2) is 0 Å². The predicted molar refractivity (Wildman–Crippen MR) is 75.4 cm³/mol. The number of aliphatic carboxylic acids is 1. The van der Waals surface area contributed by atoms with Gasteiger partial charge in [-0.1, -0.05) is 19.9 Å². The Kier molecular flexibility index (Phi) is 4.94. The summed E-state index contributed by atoms with van der Waals surface area (Å²) in [6, 6.07) is 4.17. The largest absolute Gasteiger partial charge is 0.507 e. The third-order valence-electron chi connectivity index (χ3n) is 2.86. The van der Waals surface area contributed by atoms with Crippen LogP contribution in [0.4, 0.5) is 0 Å². The van der Waals surface area contributed by atoms with Gasteiger partial charge in [-0.15, -0.1) is 0 Å². The molecule has 1 aromatic carbocycles. The molecule has 1 unspecified atom stereocenters. The quantitative estimate of drug-likeness (QED) is 0.682. The van der Waals surface area contributed by atoms with Gasteiger partial charge < -0.3 is 20.9 Å². The zero-order valence-corrected chi connectivity index (χ0v) is 11.4. The van der Waals surface area contributed by atoms with Gasteiger partial charge in [0.25, 0.3) is 0 Å². The summed E-state index contributed by atoms with van der Waals surface area (Å²) in [7, 11) is 0. The van der Waals surface area contributed by atoms with E-state index >= 15 is 0 Å². The number of H-pyrrole nitrogens is 1. The van der Waals surface area contributed by atoms with Gasteiger partial charge in [-0.2, -0.15) is 0 Å². The van der Waals surface area contributed by atoms with Gasteiger partial charge in [-0.3, -0.25) is 4.79 Å². The van der Waals surface area contributed by atoms with E-state index in [1.165, 1.54) is 0 Å². The number of carbonyl (C=O) groups is 1. The number of nitrogens with two attached hydrogens (primary N) is 1. The van der Waals surface area contributed by atoms with Crippen molar-refractivity contribution in [2.75, 3.05) is 0 Å². The van der Waals surface area contributed by atoms with E-state index in [4.69, 9.17) is 10.8 Å². The summed E-state index contributed by atoms with van der Waals surface area (Å²) in [5, 5.41) is 19.3. The standard InChI is InChI=1S/C12H14N2O3.C2H6/c1-6-7(5-8(13)12(16)17)11-9(14-6)3-2-4-10(11)15;1-2/h2-4,8,14-15H,5,13H2,1H3,(H,16,17);1-2H3. The van der Waals surface area contributed by atoms with Gasteiger partial charge in [0.1, 0.15) is 11.8 Å². The van der Waals surface area contributed by atoms with E-state index in [0.29, 0.717) is 5.39 Å². The monoisotopic (exact) mass is 264 g/mol. The topological polar surface area (TPSA) is 99.3 Å². The lowest BCUT2D eigenvalue weighted by Crippen LogP contribution is -2.32. The zero-order chi connectivity index (χ0) is 14.6. The molecule has 0 fully saturated rings. The minimum atomic E-state index is -1.05. The summed E-state index contributed by atoms with van der Waals surface area (Å²) in [5.74, 6) is -0.909. The first-order chi connectivity index (χ1) is 9.00. The molecule has 19 heavy (non-hydrogen) atoms. The maximum atomic E-state index is 10.8. The Hall–Kier alpha value is -2.01. The van der Waals surface area contributed by atoms with Crippen molar-refractivity contribution in [1.82, 2.24) is 4.98 Å². The highest BCUT2D eigenvalue weighted by molar-refractivity contribution is 5.90. The third kappa shape index (κ3) is 3.06. The van der Waals surface area contributed by atoms with Crippen LogP contribution in [0.15, 0.2) is 18.2 Å². The van der Waals surface area contributed by atoms with Crippen LogP contribution in [0, 0.1) is 6.92 Å². The van der Waals surface area contributed by atoms with E-state index in [1.807, 2.05) is 26.8 Å². The van der Waals surface area contributed by atoms with E-state index < -0.39 is 12.0 Å². The van der Waals surface area contributed by atoms with Crippen molar-refractivity contribution in [3.8, 4) is 5.75 Å². The predicted octanol–water partition coefficient (Wildman–Crippen LogP) is 2.16. The van der Waals surface area contributed by atoms with Crippen LogP contribution in [0.2, 0.25) is 0 Å². The summed E-state index contributed by atoms with van der Waals surface area (Å²) in [5.41, 5.74) is 7.90. The number of aromatic hydroxyl groups is 1. The molecule has 0 bridgehead atoms. The molecule has 1 aromatic heterocycles. The number of carboxylic acid groups (broad SMARTS) is 1. The van der Waals surface area contributed by atoms with Crippen molar-refractivity contribution in [3.63, 3.8) is 0 Å². The number of hydrogen-bond donors (Lipinski definition) is 4. The highest BCUT2D eigenvalue weighted by Crippen LogP contribution is 2.30. The van der Waals surface area contributed by atoms with Gasteiger partial charge in [0.15, 0.2) is 0 Å².